The number of halogens is 1. The summed E-state index contributed by atoms with van der Waals surface area (Å²) in [7, 11) is 0. The highest BCUT2D eigenvalue weighted by Crippen LogP contribution is 2.22. The van der Waals surface area contributed by atoms with Crippen molar-refractivity contribution in [3.63, 3.8) is 0 Å². The summed E-state index contributed by atoms with van der Waals surface area (Å²) in [5, 5.41) is 12.6. The Morgan fingerprint density at radius 2 is 2.32 bits per heavy atom. The molecule has 0 aliphatic heterocycles. The molecule has 0 radical (unpaired) electrons. The van der Waals surface area contributed by atoms with Crippen molar-refractivity contribution < 1.29 is 14.3 Å². The van der Waals surface area contributed by atoms with Gasteiger partial charge < -0.3 is 10.4 Å². The Balaban J connectivity index is 2.17. The van der Waals surface area contributed by atoms with Crippen molar-refractivity contribution in [2.75, 3.05) is 5.32 Å². The van der Waals surface area contributed by atoms with Gasteiger partial charge in [-0.25, -0.2) is 14.2 Å². The van der Waals surface area contributed by atoms with Gasteiger partial charge in [0.1, 0.15) is 10.8 Å². The fourth-order valence-electron chi connectivity index (χ4n) is 1.64. The maximum absolute atomic E-state index is 13.6. The predicted molar refractivity (Wildman–Crippen MR) is 72.2 cm³/mol. The molecular formula is C13H13FN2O2S. The number of para-hydroxylation sites is 1. The third kappa shape index (κ3) is 3.08. The molecule has 0 spiro atoms. The zero-order valence-electron chi connectivity index (χ0n) is 10.3. The van der Waals surface area contributed by atoms with E-state index in [1.807, 2.05) is 6.92 Å². The van der Waals surface area contributed by atoms with Crippen LogP contribution in [0.15, 0.2) is 24.4 Å². The summed E-state index contributed by atoms with van der Waals surface area (Å²) in [4.78, 5) is 16.4. The van der Waals surface area contributed by atoms with E-state index in [1.54, 1.807) is 6.20 Å². The van der Waals surface area contributed by atoms with Gasteiger partial charge in [0.05, 0.1) is 17.8 Å². The Morgan fingerprint density at radius 3 is 2.95 bits per heavy atom. The highest BCUT2D eigenvalue weighted by molar-refractivity contribution is 7.11. The van der Waals surface area contributed by atoms with Crippen molar-refractivity contribution >= 4 is 23.0 Å². The number of hydrogen-bond acceptors (Lipinski definition) is 4. The number of carboxylic acid groups (broad SMARTS) is 1. The van der Waals surface area contributed by atoms with Gasteiger partial charge in [0.25, 0.3) is 0 Å². The lowest BCUT2D eigenvalue weighted by Gasteiger charge is -2.09. The number of carboxylic acids is 1. The molecule has 0 aliphatic carbocycles. The Bertz CT molecular complexity index is 598. The van der Waals surface area contributed by atoms with Crippen LogP contribution in [0.3, 0.4) is 0 Å². The van der Waals surface area contributed by atoms with Crippen LogP contribution in [0.4, 0.5) is 10.1 Å². The standard InChI is InChI=1S/C13H13FN2O2S/c1-2-8-6-15-11(19-8)7-16-12-9(13(17)18)4-3-5-10(12)14/h3-6,16H,2,7H2,1H3,(H,17,18). The van der Waals surface area contributed by atoms with E-state index < -0.39 is 11.8 Å². The van der Waals surface area contributed by atoms with Crippen LogP contribution in [0.5, 0.6) is 0 Å². The first-order valence-corrected chi connectivity index (χ1v) is 6.62. The van der Waals surface area contributed by atoms with Gasteiger partial charge in [-0.1, -0.05) is 13.0 Å². The topological polar surface area (TPSA) is 62.2 Å². The SMILES string of the molecule is CCc1cnc(CNc2c(F)cccc2C(=O)O)s1. The molecule has 0 fully saturated rings. The zero-order chi connectivity index (χ0) is 13.8. The summed E-state index contributed by atoms with van der Waals surface area (Å²) in [6.07, 6.45) is 2.68. The highest BCUT2D eigenvalue weighted by Gasteiger charge is 2.14. The number of anilines is 1. The molecule has 19 heavy (non-hydrogen) atoms. The van der Waals surface area contributed by atoms with Crippen molar-refractivity contribution in [1.29, 1.82) is 0 Å². The van der Waals surface area contributed by atoms with Gasteiger partial charge in [0, 0.05) is 11.1 Å². The van der Waals surface area contributed by atoms with Gasteiger partial charge in [0.2, 0.25) is 0 Å². The molecule has 6 heteroatoms. The zero-order valence-corrected chi connectivity index (χ0v) is 11.1. The van der Waals surface area contributed by atoms with Gasteiger partial charge in [0.15, 0.2) is 0 Å². The number of aryl methyl sites for hydroxylation is 1. The Labute approximate surface area is 113 Å². The average Bonchev–Trinajstić information content (AvgIpc) is 2.85. The van der Waals surface area contributed by atoms with Crippen LogP contribution in [0.25, 0.3) is 0 Å². The van der Waals surface area contributed by atoms with Gasteiger partial charge >= 0.3 is 5.97 Å². The van der Waals surface area contributed by atoms with Crippen LogP contribution in [0.1, 0.15) is 27.2 Å². The summed E-state index contributed by atoms with van der Waals surface area (Å²) in [5.41, 5.74) is -0.0736. The first-order chi connectivity index (χ1) is 9.11. The molecule has 2 aromatic rings. The lowest BCUT2D eigenvalue weighted by atomic mass is 10.1. The number of aromatic nitrogens is 1. The van der Waals surface area contributed by atoms with Gasteiger partial charge in [-0.2, -0.15) is 0 Å². The third-order valence-corrected chi connectivity index (χ3v) is 3.75. The number of rotatable bonds is 5. The van der Waals surface area contributed by atoms with Crippen molar-refractivity contribution in [2.45, 2.75) is 19.9 Å². The molecule has 4 nitrogen and oxygen atoms in total. The smallest absolute Gasteiger partial charge is 0.337 e. The quantitative estimate of drug-likeness (QED) is 0.883. The molecule has 0 aliphatic rings. The average molecular weight is 280 g/mol. The molecule has 1 aromatic carbocycles. The van der Waals surface area contributed by atoms with E-state index in [-0.39, 0.29) is 11.3 Å². The molecule has 1 heterocycles. The summed E-state index contributed by atoms with van der Waals surface area (Å²) >= 11 is 1.53. The van der Waals surface area contributed by atoms with E-state index in [0.717, 1.165) is 16.3 Å². The summed E-state index contributed by atoms with van der Waals surface area (Å²) in [6.45, 7) is 2.34. The Hall–Kier alpha value is -1.95. The van der Waals surface area contributed by atoms with Crippen LogP contribution >= 0.6 is 11.3 Å². The number of nitrogens with one attached hydrogen (secondary N) is 1. The number of carbonyl (C=O) groups is 1. The molecule has 0 unspecified atom stereocenters. The van der Waals surface area contributed by atoms with Gasteiger partial charge in [-0.15, -0.1) is 11.3 Å². The second kappa shape index (κ2) is 5.79. The molecular weight excluding hydrogens is 267 g/mol. The van der Waals surface area contributed by atoms with Gasteiger partial charge in [-0.05, 0) is 18.6 Å². The fraction of sp³-hybridized carbons (Fsp3) is 0.231. The molecule has 0 bridgehead atoms. The molecule has 100 valence electrons. The van der Waals surface area contributed by atoms with Crippen LogP contribution in [-0.4, -0.2) is 16.1 Å². The van der Waals surface area contributed by atoms with E-state index in [1.165, 1.54) is 29.5 Å². The molecule has 1 aromatic heterocycles. The molecule has 0 atom stereocenters. The number of nitrogens with zero attached hydrogens (tertiary/aromatic N) is 1. The first-order valence-electron chi connectivity index (χ1n) is 5.81. The molecule has 2 rings (SSSR count). The maximum atomic E-state index is 13.6. The lowest BCUT2D eigenvalue weighted by molar-refractivity contribution is 0.0697. The maximum Gasteiger partial charge on any atom is 0.337 e. The molecule has 0 saturated carbocycles. The van der Waals surface area contributed by atoms with E-state index in [2.05, 4.69) is 10.3 Å². The number of thiazole rings is 1. The summed E-state index contributed by atoms with van der Waals surface area (Å²) < 4.78 is 13.6. The van der Waals surface area contributed by atoms with Crippen LogP contribution in [0.2, 0.25) is 0 Å². The van der Waals surface area contributed by atoms with Crippen LogP contribution in [0, 0.1) is 5.82 Å². The van der Waals surface area contributed by atoms with Crippen molar-refractivity contribution in [1.82, 2.24) is 4.98 Å². The van der Waals surface area contributed by atoms with E-state index in [9.17, 15) is 9.18 Å². The highest BCUT2D eigenvalue weighted by atomic mass is 32.1. The normalized spacial score (nSPS) is 10.4. The van der Waals surface area contributed by atoms with Crippen molar-refractivity contribution in [3.05, 3.63) is 45.7 Å². The van der Waals surface area contributed by atoms with E-state index in [4.69, 9.17) is 5.11 Å². The molecule has 0 amide bonds. The van der Waals surface area contributed by atoms with Crippen molar-refractivity contribution in [2.24, 2.45) is 0 Å². The summed E-state index contributed by atoms with van der Waals surface area (Å²) in [5.74, 6) is -1.73. The van der Waals surface area contributed by atoms with Gasteiger partial charge in [-0.3, -0.25) is 0 Å². The Kier molecular flexibility index (Phi) is 4.11. The molecule has 0 saturated heterocycles. The fourth-order valence-corrected chi connectivity index (χ4v) is 2.44. The largest absolute Gasteiger partial charge is 0.478 e. The molecule has 2 N–H and O–H groups in total. The summed E-state index contributed by atoms with van der Waals surface area (Å²) in [6, 6.07) is 3.98. The monoisotopic (exact) mass is 280 g/mol. The van der Waals surface area contributed by atoms with Crippen molar-refractivity contribution in [3.8, 4) is 0 Å². The van der Waals surface area contributed by atoms with E-state index in [0.29, 0.717) is 6.54 Å². The third-order valence-electron chi connectivity index (χ3n) is 2.61. The first kappa shape index (κ1) is 13.5. The second-order valence-corrected chi connectivity index (χ2v) is 5.09. The second-order valence-electron chi connectivity index (χ2n) is 3.89. The number of aromatic carboxylic acids is 1. The minimum absolute atomic E-state index is 0.00301. The van der Waals surface area contributed by atoms with E-state index >= 15 is 0 Å². The minimum Gasteiger partial charge on any atom is -0.478 e. The number of hydrogen-bond donors (Lipinski definition) is 2. The number of benzene rings is 1. The van der Waals surface area contributed by atoms with Crippen LogP contribution in [-0.2, 0) is 13.0 Å². The minimum atomic E-state index is -1.16. The Morgan fingerprint density at radius 1 is 1.53 bits per heavy atom. The van der Waals surface area contributed by atoms with Crippen LogP contribution < -0.4 is 5.32 Å². The predicted octanol–water partition coefficient (Wildman–Crippen LogP) is 3.15. The lowest BCUT2D eigenvalue weighted by Crippen LogP contribution is -2.08.